The van der Waals surface area contributed by atoms with Crippen LogP contribution in [0.15, 0.2) is 0 Å². The number of hydrogen-bond acceptors (Lipinski definition) is 2. The molecule has 0 aromatic carbocycles. The van der Waals surface area contributed by atoms with E-state index in [1.165, 1.54) is 18.5 Å². The van der Waals surface area contributed by atoms with E-state index in [-0.39, 0.29) is 11.3 Å². The molecule has 1 heterocycles. The first-order chi connectivity index (χ1) is 8.64. The molecular formula is C13H19F3N2O. The van der Waals surface area contributed by atoms with Crippen molar-refractivity contribution in [2.24, 2.45) is 5.92 Å². The predicted octanol–water partition coefficient (Wildman–Crippen LogP) is 3.68. The molecule has 0 fully saturated rings. The minimum Gasteiger partial charge on any atom is -0.284 e. The van der Waals surface area contributed by atoms with Gasteiger partial charge in [-0.3, -0.25) is 9.48 Å². The lowest BCUT2D eigenvalue weighted by Gasteiger charge is -2.08. The van der Waals surface area contributed by atoms with E-state index in [9.17, 15) is 18.0 Å². The summed E-state index contributed by atoms with van der Waals surface area (Å²) in [6, 6.07) is 0. The zero-order chi connectivity index (χ0) is 14.8. The van der Waals surface area contributed by atoms with E-state index in [4.69, 9.17) is 0 Å². The number of hydrogen-bond donors (Lipinski definition) is 0. The van der Waals surface area contributed by atoms with Crippen molar-refractivity contribution in [1.82, 2.24) is 9.78 Å². The van der Waals surface area contributed by atoms with Crippen molar-refractivity contribution in [2.75, 3.05) is 0 Å². The fraction of sp³-hybridized carbons (Fsp3) is 0.692. The fourth-order valence-corrected chi connectivity index (χ4v) is 2.03. The number of alkyl halides is 3. The van der Waals surface area contributed by atoms with Gasteiger partial charge in [0.2, 0.25) is 0 Å². The van der Waals surface area contributed by atoms with Crippen LogP contribution in [0, 0.1) is 19.8 Å². The van der Waals surface area contributed by atoms with Gasteiger partial charge in [0, 0.05) is 12.2 Å². The summed E-state index contributed by atoms with van der Waals surface area (Å²) in [5.41, 5.74) is 0.130. The summed E-state index contributed by atoms with van der Waals surface area (Å²) in [4.78, 5) is 11.3. The molecular weight excluding hydrogens is 257 g/mol. The van der Waals surface area contributed by atoms with Crippen molar-refractivity contribution in [2.45, 2.75) is 53.3 Å². The van der Waals surface area contributed by atoms with Crippen LogP contribution >= 0.6 is 0 Å². The molecule has 0 saturated carbocycles. The first-order valence-corrected chi connectivity index (χ1v) is 6.30. The number of Topliss-reactive ketones (excluding diaryl/α,β-unsaturated/α-hetero) is 1. The van der Waals surface area contributed by atoms with Crippen LogP contribution in [-0.2, 0) is 6.54 Å². The first kappa shape index (κ1) is 15.7. The van der Waals surface area contributed by atoms with Gasteiger partial charge in [-0.25, -0.2) is 0 Å². The van der Waals surface area contributed by atoms with Crippen molar-refractivity contribution < 1.29 is 18.0 Å². The Morgan fingerprint density at radius 1 is 1.32 bits per heavy atom. The number of aromatic nitrogens is 2. The van der Waals surface area contributed by atoms with Gasteiger partial charge in [-0.1, -0.05) is 13.8 Å². The Bertz CT molecular complexity index is 461. The predicted molar refractivity (Wildman–Crippen MR) is 66.2 cm³/mol. The third kappa shape index (κ3) is 3.81. The Morgan fingerprint density at radius 2 is 1.89 bits per heavy atom. The van der Waals surface area contributed by atoms with Gasteiger partial charge < -0.3 is 0 Å². The second-order valence-corrected chi connectivity index (χ2v) is 5.13. The molecule has 1 aromatic heterocycles. The van der Waals surface area contributed by atoms with Crippen LogP contribution in [0.1, 0.15) is 48.4 Å². The summed E-state index contributed by atoms with van der Waals surface area (Å²) < 4.78 is 38.9. The Morgan fingerprint density at radius 3 is 2.37 bits per heavy atom. The van der Waals surface area contributed by atoms with E-state index in [1.54, 1.807) is 0 Å². The second kappa shape index (κ2) is 5.75. The lowest BCUT2D eigenvalue weighted by molar-refractivity contribution is -0.0886. The van der Waals surface area contributed by atoms with Crippen molar-refractivity contribution in [3.05, 3.63) is 17.0 Å². The van der Waals surface area contributed by atoms with Crippen LogP contribution in [0.25, 0.3) is 0 Å². The highest BCUT2D eigenvalue weighted by Gasteiger charge is 2.42. The molecule has 0 bridgehead atoms. The quantitative estimate of drug-likeness (QED) is 0.769. The summed E-state index contributed by atoms with van der Waals surface area (Å²) in [5.74, 6) is -1.27. The highest BCUT2D eigenvalue weighted by atomic mass is 19.4. The molecule has 0 aliphatic carbocycles. The highest BCUT2D eigenvalue weighted by Crippen LogP contribution is 2.25. The monoisotopic (exact) mass is 276 g/mol. The molecule has 1 rings (SSSR count). The maximum atomic E-state index is 12.5. The van der Waals surface area contributed by atoms with Crippen LogP contribution in [0.3, 0.4) is 0 Å². The van der Waals surface area contributed by atoms with E-state index in [2.05, 4.69) is 18.9 Å². The molecule has 0 aliphatic heterocycles. The number of nitrogens with zero attached hydrogens (tertiary/aromatic N) is 2. The summed E-state index contributed by atoms with van der Waals surface area (Å²) in [7, 11) is 0. The molecule has 0 radical (unpaired) electrons. The molecule has 3 nitrogen and oxygen atoms in total. The molecule has 0 amide bonds. The van der Waals surface area contributed by atoms with Crippen LogP contribution < -0.4 is 0 Å². The topological polar surface area (TPSA) is 34.9 Å². The fourth-order valence-electron chi connectivity index (χ4n) is 2.03. The normalized spacial score (nSPS) is 12.2. The molecule has 0 atom stereocenters. The third-order valence-corrected chi connectivity index (χ3v) is 3.02. The van der Waals surface area contributed by atoms with Crippen molar-refractivity contribution in [3.8, 4) is 0 Å². The van der Waals surface area contributed by atoms with E-state index in [1.807, 2.05) is 0 Å². The lowest BCUT2D eigenvalue weighted by atomic mass is 10.1. The maximum absolute atomic E-state index is 12.5. The molecule has 0 unspecified atom stereocenters. The maximum Gasteiger partial charge on any atom is 0.455 e. The number of carbonyl (C=O) groups is 1. The van der Waals surface area contributed by atoms with Crippen LogP contribution in [0.4, 0.5) is 13.2 Å². The van der Waals surface area contributed by atoms with Crippen molar-refractivity contribution in [1.29, 1.82) is 0 Å². The van der Waals surface area contributed by atoms with Gasteiger partial charge in [0.1, 0.15) is 0 Å². The van der Waals surface area contributed by atoms with Gasteiger partial charge >= 0.3 is 6.18 Å². The highest BCUT2D eigenvalue weighted by molar-refractivity contribution is 6.02. The van der Waals surface area contributed by atoms with Gasteiger partial charge in [-0.15, -0.1) is 0 Å². The smallest absolute Gasteiger partial charge is 0.284 e. The van der Waals surface area contributed by atoms with E-state index < -0.39 is 12.0 Å². The molecule has 108 valence electrons. The molecule has 6 heteroatoms. The largest absolute Gasteiger partial charge is 0.455 e. The van der Waals surface area contributed by atoms with Crippen LogP contribution in [0.2, 0.25) is 0 Å². The van der Waals surface area contributed by atoms with E-state index in [0.29, 0.717) is 18.2 Å². The van der Waals surface area contributed by atoms with Crippen LogP contribution in [-0.4, -0.2) is 21.7 Å². The molecule has 0 saturated heterocycles. The Labute approximate surface area is 110 Å². The SMILES string of the molecule is Cc1nn(CCCC(C)C)c(C)c1C(=O)C(F)(F)F. The Balaban J connectivity index is 2.92. The number of ketones is 1. The number of rotatable bonds is 5. The Hall–Kier alpha value is -1.33. The zero-order valence-corrected chi connectivity index (χ0v) is 11.6. The number of halogens is 3. The average Bonchev–Trinajstić information content (AvgIpc) is 2.51. The lowest BCUT2D eigenvalue weighted by Crippen LogP contribution is -2.24. The number of aryl methyl sites for hydroxylation is 2. The standard InChI is InChI=1S/C13H19F3N2O/c1-8(2)6-5-7-18-10(4)11(9(3)17-18)12(19)13(14,15)16/h8H,5-7H2,1-4H3. The van der Waals surface area contributed by atoms with E-state index >= 15 is 0 Å². The van der Waals surface area contributed by atoms with Crippen LogP contribution in [0.5, 0.6) is 0 Å². The minimum absolute atomic E-state index is 0.143. The first-order valence-electron chi connectivity index (χ1n) is 6.30. The average molecular weight is 276 g/mol. The van der Waals surface area contributed by atoms with Gasteiger partial charge in [-0.05, 0) is 32.6 Å². The van der Waals surface area contributed by atoms with Gasteiger partial charge in [0.15, 0.2) is 0 Å². The summed E-state index contributed by atoms with van der Waals surface area (Å²) in [5, 5.41) is 4.04. The number of carbonyl (C=O) groups excluding carboxylic acids is 1. The minimum atomic E-state index is -4.85. The summed E-state index contributed by atoms with van der Waals surface area (Å²) in [6.45, 7) is 7.65. The zero-order valence-electron chi connectivity index (χ0n) is 11.6. The van der Waals surface area contributed by atoms with Crippen molar-refractivity contribution >= 4 is 5.78 Å². The van der Waals surface area contributed by atoms with Crippen molar-refractivity contribution in [3.63, 3.8) is 0 Å². The summed E-state index contributed by atoms with van der Waals surface area (Å²) in [6.07, 6.45) is -3.04. The molecule has 19 heavy (non-hydrogen) atoms. The van der Waals surface area contributed by atoms with E-state index in [0.717, 1.165) is 12.8 Å². The second-order valence-electron chi connectivity index (χ2n) is 5.13. The molecule has 1 aromatic rings. The molecule has 0 spiro atoms. The summed E-state index contributed by atoms with van der Waals surface area (Å²) >= 11 is 0. The third-order valence-electron chi connectivity index (χ3n) is 3.02. The molecule has 0 N–H and O–H groups in total. The van der Waals surface area contributed by atoms with Gasteiger partial charge in [0.05, 0.1) is 11.3 Å². The van der Waals surface area contributed by atoms with Gasteiger partial charge in [0.25, 0.3) is 5.78 Å². The molecule has 0 aliphatic rings. The van der Waals surface area contributed by atoms with Gasteiger partial charge in [-0.2, -0.15) is 18.3 Å². The Kier molecular flexibility index (Phi) is 4.76.